The van der Waals surface area contributed by atoms with Crippen LogP contribution in [0.3, 0.4) is 0 Å². The van der Waals surface area contributed by atoms with E-state index in [-0.39, 0.29) is 95.3 Å². The largest absolute Gasteiger partial charge is 0.490 e. The summed E-state index contributed by atoms with van der Waals surface area (Å²) in [5.41, 5.74) is 0.338. The number of halogens is 6. The predicted molar refractivity (Wildman–Crippen MR) is 241 cm³/mol. The SMILES string of the molecule is Cc1ccc(S(=O)(=O)OC[C@@H]2CCC3(S(=O)(=O)c4ccc(Cl)cc4)c4c(F)ccc(F)c4OC[C@H]3C2)cc1.N#CC[C@@H]1CCC2(S(=O)(=O)c3ccc(Cl)cc3)c3c(F)ccc(F)c3OC[C@H]2C1. The van der Waals surface area contributed by atoms with Gasteiger partial charge in [-0.15, -0.1) is 0 Å². The highest BCUT2D eigenvalue weighted by atomic mass is 35.5. The number of fused-ring (bicyclic) bond motifs is 6. The summed E-state index contributed by atoms with van der Waals surface area (Å²) in [6, 6.07) is 23.3. The van der Waals surface area contributed by atoms with Crippen molar-refractivity contribution in [3.63, 3.8) is 0 Å². The summed E-state index contributed by atoms with van der Waals surface area (Å²) in [5.74, 6) is -5.80. The quantitative estimate of drug-likeness (QED) is 0.103. The molecule has 6 atom stereocenters. The van der Waals surface area contributed by atoms with Crippen LogP contribution in [0.25, 0.3) is 0 Å². The van der Waals surface area contributed by atoms with E-state index in [0.29, 0.717) is 22.9 Å². The molecule has 354 valence electrons. The van der Waals surface area contributed by atoms with Crippen LogP contribution in [0, 0.1) is 65.2 Å². The molecule has 5 aromatic carbocycles. The molecule has 0 amide bonds. The molecule has 0 bridgehead atoms. The van der Waals surface area contributed by atoms with Crippen LogP contribution in [0.2, 0.25) is 10.0 Å². The summed E-state index contributed by atoms with van der Waals surface area (Å²) in [4.78, 5) is -0.0479. The molecular weight excluding hydrogens is 978 g/mol. The summed E-state index contributed by atoms with van der Waals surface area (Å²) >= 11 is 11.9. The Morgan fingerprint density at radius 1 is 0.612 bits per heavy atom. The van der Waals surface area contributed by atoms with Gasteiger partial charge in [-0.1, -0.05) is 40.9 Å². The maximum Gasteiger partial charge on any atom is 0.296 e. The van der Waals surface area contributed by atoms with Crippen LogP contribution < -0.4 is 9.47 Å². The number of hydrogen-bond acceptors (Lipinski definition) is 10. The average Bonchev–Trinajstić information content (AvgIpc) is 3.30. The van der Waals surface area contributed by atoms with Gasteiger partial charge in [0.1, 0.15) is 21.1 Å². The standard InChI is InChI=1S/C27H25ClF2O6S2.C21H18ClF2NO3S/c1-17-2-6-22(7-3-17)38(33,34)36-15-18-12-13-27(37(31,32)21-8-4-20(28)5-9-21)19(14-18)16-35-26-24(30)11-10-23(29)25(26)27;22-15-1-3-16(4-2-15)29(26,27)21-9-7-13(8-10-25)11-14(21)12-28-20-18(24)6-5-17(23)19(20)21/h2-11,18-19H,12-16H2,1H3;1-6,13-14H,7-9,11-12H2/t18-,19-,27?;13-,14+,21?/m10/s1. The molecule has 2 aliphatic heterocycles. The van der Waals surface area contributed by atoms with E-state index in [1.54, 1.807) is 12.1 Å². The third-order valence-corrected chi connectivity index (χ3v) is 20.6. The number of nitrogens with zero attached hydrogens (tertiary/aromatic N) is 1. The minimum absolute atomic E-state index is 0.00199. The highest BCUT2D eigenvalue weighted by Gasteiger charge is 2.61. The fourth-order valence-electron chi connectivity index (χ4n) is 10.3. The number of rotatable bonds is 9. The van der Waals surface area contributed by atoms with Crippen molar-refractivity contribution in [2.24, 2.45) is 23.7 Å². The molecule has 0 radical (unpaired) electrons. The van der Waals surface area contributed by atoms with Crippen molar-refractivity contribution < 1.29 is 56.5 Å². The third-order valence-electron chi connectivity index (χ3n) is 13.6. The first-order valence-corrected chi connectivity index (χ1v) is 26.5. The van der Waals surface area contributed by atoms with Crippen molar-refractivity contribution >= 4 is 53.0 Å². The van der Waals surface area contributed by atoms with Gasteiger partial charge in [0.05, 0.1) is 51.7 Å². The van der Waals surface area contributed by atoms with Crippen LogP contribution in [-0.4, -0.2) is 45.1 Å². The smallest absolute Gasteiger partial charge is 0.296 e. The number of nitriles is 1. The molecule has 0 aromatic heterocycles. The minimum Gasteiger partial charge on any atom is -0.490 e. The van der Waals surface area contributed by atoms with Gasteiger partial charge in [0.25, 0.3) is 10.1 Å². The van der Waals surface area contributed by atoms with E-state index in [2.05, 4.69) is 6.07 Å². The molecule has 0 N–H and O–H groups in total. The first-order valence-electron chi connectivity index (χ1n) is 21.3. The molecular formula is C48H43Cl2F4NO9S3. The second-order valence-electron chi connectivity index (χ2n) is 17.4. The molecule has 0 saturated heterocycles. The minimum atomic E-state index is -4.27. The van der Waals surface area contributed by atoms with Gasteiger partial charge in [-0.25, -0.2) is 34.4 Å². The number of ether oxygens (including phenoxy) is 2. The summed E-state index contributed by atoms with van der Waals surface area (Å²) in [5, 5.41) is 9.77. The Bertz CT molecular complexity index is 3090. The van der Waals surface area contributed by atoms with Crippen LogP contribution in [0.15, 0.2) is 112 Å². The second-order valence-corrected chi connectivity index (χ2v) is 24.3. The molecule has 5 aromatic rings. The van der Waals surface area contributed by atoms with Gasteiger partial charge >= 0.3 is 0 Å². The number of sulfone groups is 2. The lowest BCUT2D eigenvalue weighted by Gasteiger charge is -2.49. The molecule has 2 unspecified atom stereocenters. The van der Waals surface area contributed by atoms with Crippen LogP contribution in [0.1, 0.15) is 61.6 Å². The normalized spacial score (nSPS) is 24.4. The van der Waals surface area contributed by atoms with Gasteiger partial charge in [0.2, 0.25) is 0 Å². The van der Waals surface area contributed by atoms with E-state index < -0.39 is 80.1 Å². The first kappa shape index (κ1) is 48.7. The average molecular weight is 1020 g/mol. The van der Waals surface area contributed by atoms with Gasteiger partial charge in [-0.3, -0.25) is 4.18 Å². The number of hydrogen-bond donors (Lipinski definition) is 0. The molecule has 67 heavy (non-hydrogen) atoms. The Labute approximate surface area is 396 Å². The highest BCUT2D eigenvalue weighted by molar-refractivity contribution is 7.92. The van der Waals surface area contributed by atoms with Crippen molar-refractivity contribution in [2.45, 2.75) is 76.0 Å². The number of aryl methyl sites for hydroxylation is 1. The zero-order valence-corrected chi connectivity index (χ0v) is 39.7. The van der Waals surface area contributed by atoms with Crippen molar-refractivity contribution in [1.29, 1.82) is 5.26 Å². The lowest BCUT2D eigenvalue weighted by molar-refractivity contribution is 0.0805. The molecule has 19 heteroatoms. The lowest BCUT2D eigenvalue weighted by atomic mass is 9.68. The van der Waals surface area contributed by atoms with Crippen molar-refractivity contribution in [2.75, 3.05) is 19.8 Å². The van der Waals surface area contributed by atoms with Gasteiger partial charge in [0.15, 0.2) is 42.8 Å². The molecule has 2 aliphatic carbocycles. The predicted octanol–water partition coefficient (Wildman–Crippen LogP) is 10.8. The van der Waals surface area contributed by atoms with Gasteiger partial charge in [-0.2, -0.15) is 13.7 Å². The highest BCUT2D eigenvalue weighted by Crippen LogP contribution is 2.59. The van der Waals surface area contributed by atoms with E-state index in [9.17, 15) is 34.0 Å². The van der Waals surface area contributed by atoms with Gasteiger partial charge in [0, 0.05) is 28.3 Å². The van der Waals surface area contributed by atoms with Crippen molar-refractivity contribution in [3.05, 3.63) is 147 Å². The number of benzene rings is 5. The van der Waals surface area contributed by atoms with E-state index in [1.807, 2.05) is 6.92 Å². The molecule has 2 heterocycles. The fraction of sp³-hybridized carbons (Fsp3) is 0.354. The monoisotopic (exact) mass is 1020 g/mol. The van der Waals surface area contributed by atoms with Crippen molar-refractivity contribution in [1.82, 2.24) is 0 Å². The van der Waals surface area contributed by atoms with E-state index >= 15 is 8.78 Å². The zero-order chi connectivity index (χ0) is 48.1. The van der Waals surface area contributed by atoms with Crippen LogP contribution >= 0.6 is 23.2 Å². The van der Waals surface area contributed by atoms with E-state index in [1.165, 1.54) is 60.7 Å². The van der Waals surface area contributed by atoms with Crippen molar-refractivity contribution in [3.8, 4) is 17.6 Å². The van der Waals surface area contributed by atoms with Gasteiger partial charge in [-0.05, 0) is 142 Å². The van der Waals surface area contributed by atoms with Crippen LogP contribution in [0.5, 0.6) is 11.5 Å². The Hall–Kier alpha value is -4.70. The van der Waals surface area contributed by atoms with Crippen LogP contribution in [-0.2, 0) is 43.5 Å². The molecule has 10 nitrogen and oxygen atoms in total. The molecule has 9 rings (SSSR count). The van der Waals surface area contributed by atoms with E-state index in [4.69, 9.17) is 42.1 Å². The first-order chi connectivity index (χ1) is 31.8. The lowest BCUT2D eigenvalue weighted by Crippen LogP contribution is -2.52. The zero-order valence-electron chi connectivity index (χ0n) is 35.7. The summed E-state index contributed by atoms with van der Waals surface area (Å²) in [7, 11) is -12.4. The van der Waals surface area contributed by atoms with Crippen LogP contribution in [0.4, 0.5) is 17.6 Å². The summed E-state index contributed by atoms with van der Waals surface area (Å²) in [6.45, 7) is 1.43. The summed E-state index contributed by atoms with van der Waals surface area (Å²) in [6.07, 6.45) is 1.49. The van der Waals surface area contributed by atoms with E-state index in [0.717, 1.165) is 29.8 Å². The summed E-state index contributed by atoms with van der Waals surface area (Å²) < 4.78 is 154. The molecule has 2 saturated carbocycles. The topological polar surface area (TPSA) is 154 Å². The Balaban J connectivity index is 0.000000188. The molecule has 2 fully saturated rings. The maximum absolute atomic E-state index is 15.4. The van der Waals surface area contributed by atoms with Gasteiger partial charge < -0.3 is 9.47 Å². The maximum atomic E-state index is 15.4. The Morgan fingerprint density at radius 3 is 1.46 bits per heavy atom. The molecule has 4 aliphatic rings. The molecule has 0 spiro atoms. The third kappa shape index (κ3) is 8.60. The Morgan fingerprint density at radius 2 is 1.01 bits per heavy atom. The second kappa shape index (κ2) is 18.7. The fourth-order valence-corrected chi connectivity index (χ4v) is 16.2. The Kier molecular flexibility index (Phi) is 13.6.